The van der Waals surface area contributed by atoms with Crippen molar-refractivity contribution >= 4 is 11.5 Å². The number of ether oxygens (including phenoxy) is 1. The average Bonchev–Trinajstić information content (AvgIpc) is 2.67. The van der Waals surface area contributed by atoms with Crippen LogP contribution in [0.4, 0.5) is 4.39 Å². The minimum absolute atomic E-state index is 0.251. The Bertz CT molecular complexity index is 493. The first kappa shape index (κ1) is 8.68. The summed E-state index contributed by atoms with van der Waals surface area (Å²) in [5.41, 5.74) is 0.509. The first-order valence-electron chi connectivity index (χ1n) is 3.93. The molecule has 0 atom stereocenters. The maximum absolute atomic E-state index is 13.2. The van der Waals surface area contributed by atoms with Gasteiger partial charge in [0.05, 0.1) is 19.6 Å². The maximum atomic E-state index is 13.2. The fourth-order valence-electron chi connectivity index (χ4n) is 1.25. The van der Waals surface area contributed by atoms with Gasteiger partial charge in [0.1, 0.15) is 17.0 Å². The smallest absolute Gasteiger partial charge is 0.355 e. The summed E-state index contributed by atoms with van der Waals surface area (Å²) in [5.74, 6) is -0.942. The molecule has 2 aromatic rings. The summed E-state index contributed by atoms with van der Waals surface area (Å²) in [7, 11) is 1.27. The largest absolute Gasteiger partial charge is 0.464 e. The van der Waals surface area contributed by atoms with Crippen LogP contribution >= 0.6 is 0 Å². The second kappa shape index (κ2) is 3.10. The van der Waals surface area contributed by atoms with Crippen molar-refractivity contribution in [3.8, 4) is 0 Å². The van der Waals surface area contributed by atoms with Crippen LogP contribution < -0.4 is 0 Å². The number of imidazole rings is 1. The summed E-state index contributed by atoms with van der Waals surface area (Å²) in [6.45, 7) is 0. The number of hydrogen-bond acceptors (Lipinski definition) is 3. The first-order chi connectivity index (χ1) is 6.74. The monoisotopic (exact) mass is 194 g/mol. The predicted molar refractivity (Wildman–Crippen MR) is 46.5 cm³/mol. The Balaban J connectivity index is 2.72. The minimum Gasteiger partial charge on any atom is -0.464 e. The molecule has 0 N–H and O–H groups in total. The standard InChI is InChI=1S/C9H7FN2O2/c1-14-9(13)7-3-2-6(10)8-4-11-5-12(7)8/h2-5H,1H3. The van der Waals surface area contributed by atoms with Crippen molar-refractivity contribution in [2.24, 2.45) is 0 Å². The number of pyridine rings is 1. The summed E-state index contributed by atoms with van der Waals surface area (Å²) in [6.07, 6.45) is 2.71. The van der Waals surface area contributed by atoms with Gasteiger partial charge in [-0.05, 0) is 12.1 Å². The van der Waals surface area contributed by atoms with E-state index in [0.717, 1.165) is 0 Å². The summed E-state index contributed by atoms with van der Waals surface area (Å²) < 4.78 is 19.0. The van der Waals surface area contributed by atoms with Crippen LogP contribution in [0, 0.1) is 5.82 Å². The highest BCUT2D eigenvalue weighted by Gasteiger charge is 2.12. The normalized spacial score (nSPS) is 10.4. The molecule has 5 heteroatoms. The molecule has 0 saturated heterocycles. The molecule has 14 heavy (non-hydrogen) atoms. The molecule has 0 aliphatic carbocycles. The van der Waals surface area contributed by atoms with Crippen LogP contribution in [0.2, 0.25) is 0 Å². The SMILES string of the molecule is COC(=O)c1ccc(F)c2cncn12. The van der Waals surface area contributed by atoms with Crippen molar-refractivity contribution in [2.45, 2.75) is 0 Å². The molecule has 0 aliphatic heterocycles. The Morgan fingerprint density at radius 3 is 3.07 bits per heavy atom. The third kappa shape index (κ3) is 1.14. The molecule has 0 aliphatic rings. The van der Waals surface area contributed by atoms with Crippen LogP contribution in [0.25, 0.3) is 5.52 Å². The van der Waals surface area contributed by atoms with Crippen LogP contribution in [0.3, 0.4) is 0 Å². The van der Waals surface area contributed by atoms with E-state index >= 15 is 0 Å². The van der Waals surface area contributed by atoms with E-state index < -0.39 is 11.8 Å². The number of carbonyl (C=O) groups is 1. The van der Waals surface area contributed by atoms with E-state index in [2.05, 4.69) is 9.72 Å². The van der Waals surface area contributed by atoms with Gasteiger partial charge in [-0.1, -0.05) is 0 Å². The molecule has 0 amide bonds. The molecule has 0 saturated carbocycles. The van der Waals surface area contributed by atoms with Crippen LogP contribution in [0.15, 0.2) is 24.7 Å². The summed E-state index contributed by atoms with van der Waals surface area (Å²) in [5, 5.41) is 0. The lowest BCUT2D eigenvalue weighted by molar-refractivity contribution is 0.0592. The number of hydrogen-bond donors (Lipinski definition) is 0. The Kier molecular flexibility index (Phi) is 1.92. The number of methoxy groups -OCH3 is 1. The van der Waals surface area contributed by atoms with Gasteiger partial charge in [-0.2, -0.15) is 0 Å². The number of halogens is 1. The predicted octanol–water partition coefficient (Wildman–Crippen LogP) is 1.26. The first-order valence-corrected chi connectivity index (χ1v) is 3.93. The Morgan fingerprint density at radius 1 is 1.57 bits per heavy atom. The number of nitrogens with zero attached hydrogens (tertiary/aromatic N) is 2. The molecular formula is C9H7FN2O2. The lowest BCUT2D eigenvalue weighted by Crippen LogP contribution is -2.07. The summed E-state index contributed by atoms with van der Waals surface area (Å²) in [4.78, 5) is 15.0. The van der Waals surface area contributed by atoms with E-state index in [1.165, 1.54) is 36.2 Å². The highest BCUT2D eigenvalue weighted by molar-refractivity contribution is 5.88. The quantitative estimate of drug-likeness (QED) is 0.642. The molecule has 72 valence electrons. The Labute approximate surface area is 78.9 Å². The van der Waals surface area contributed by atoms with Crippen molar-refractivity contribution < 1.29 is 13.9 Å². The fraction of sp³-hybridized carbons (Fsp3) is 0.111. The third-order valence-corrected chi connectivity index (χ3v) is 1.92. The number of fused-ring (bicyclic) bond motifs is 1. The zero-order valence-corrected chi connectivity index (χ0v) is 7.40. The zero-order chi connectivity index (χ0) is 10.1. The second-order valence-electron chi connectivity index (χ2n) is 2.71. The number of carbonyl (C=O) groups excluding carboxylic acids is 1. The van der Waals surface area contributed by atoms with Gasteiger partial charge in [-0.25, -0.2) is 14.2 Å². The molecule has 0 bridgehead atoms. The second-order valence-corrected chi connectivity index (χ2v) is 2.71. The van der Waals surface area contributed by atoms with Crippen molar-refractivity contribution in [1.82, 2.24) is 9.38 Å². The van der Waals surface area contributed by atoms with Gasteiger partial charge < -0.3 is 4.74 Å². The van der Waals surface area contributed by atoms with E-state index in [0.29, 0.717) is 0 Å². The third-order valence-electron chi connectivity index (χ3n) is 1.92. The number of esters is 1. The fourth-order valence-corrected chi connectivity index (χ4v) is 1.25. The van der Waals surface area contributed by atoms with Crippen molar-refractivity contribution in [2.75, 3.05) is 7.11 Å². The molecule has 0 radical (unpaired) electrons. The molecule has 2 heterocycles. The topological polar surface area (TPSA) is 43.6 Å². The average molecular weight is 194 g/mol. The summed E-state index contributed by atoms with van der Waals surface area (Å²) >= 11 is 0. The van der Waals surface area contributed by atoms with E-state index in [4.69, 9.17) is 0 Å². The van der Waals surface area contributed by atoms with Crippen molar-refractivity contribution in [1.29, 1.82) is 0 Å². The van der Waals surface area contributed by atoms with E-state index in [1.807, 2.05) is 0 Å². The number of rotatable bonds is 1. The highest BCUT2D eigenvalue weighted by atomic mass is 19.1. The van der Waals surface area contributed by atoms with Crippen molar-refractivity contribution in [3.63, 3.8) is 0 Å². The van der Waals surface area contributed by atoms with Gasteiger partial charge in [0, 0.05) is 0 Å². The zero-order valence-electron chi connectivity index (χ0n) is 7.40. The van der Waals surface area contributed by atoms with Gasteiger partial charge >= 0.3 is 5.97 Å². The highest BCUT2D eigenvalue weighted by Crippen LogP contribution is 2.12. The lowest BCUT2D eigenvalue weighted by atomic mass is 10.3. The minimum atomic E-state index is -0.520. The van der Waals surface area contributed by atoms with Crippen LogP contribution in [0.5, 0.6) is 0 Å². The Morgan fingerprint density at radius 2 is 2.36 bits per heavy atom. The van der Waals surface area contributed by atoms with Gasteiger partial charge in [0.25, 0.3) is 0 Å². The molecule has 0 unspecified atom stereocenters. The van der Waals surface area contributed by atoms with E-state index in [9.17, 15) is 9.18 Å². The van der Waals surface area contributed by atoms with Crippen LogP contribution in [-0.2, 0) is 4.74 Å². The summed E-state index contributed by atoms with van der Waals surface area (Å²) in [6, 6.07) is 2.57. The van der Waals surface area contributed by atoms with E-state index in [1.54, 1.807) is 0 Å². The lowest BCUT2D eigenvalue weighted by Gasteiger charge is -2.03. The molecule has 0 aromatic carbocycles. The molecule has 0 fully saturated rings. The van der Waals surface area contributed by atoms with Crippen LogP contribution in [0.1, 0.15) is 10.5 Å². The van der Waals surface area contributed by atoms with Crippen LogP contribution in [-0.4, -0.2) is 22.5 Å². The van der Waals surface area contributed by atoms with Gasteiger partial charge in [-0.3, -0.25) is 4.40 Å². The van der Waals surface area contributed by atoms with Gasteiger partial charge in [-0.15, -0.1) is 0 Å². The Hall–Kier alpha value is -1.91. The maximum Gasteiger partial charge on any atom is 0.355 e. The van der Waals surface area contributed by atoms with Gasteiger partial charge in [0.2, 0.25) is 0 Å². The molecular weight excluding hydrogens is 187 g/mol. The molecule has 0 spiro atoms. The van der Waals surface area contributed by atoms with E-state index in [-0.39, 0.29) is 11.2 Å². The van der Waals surface area contributed by atoms with Crippen molar-refractivity contribution in [3.05, 3.63) is 36.2 Å². The molecule has 4 nitrogen and oxygen atoms in total. The molecule has 2 rings (SSSR count). The molecule has 2 aromatic heterocycles. The number of aromatic nitrogens is 2. The van der Waals surface area contributed by atoms with Gasteiger partial charge in [0.15, 0.2) is 0 Å².